The van der Waals surface area contributed by atoms with Crippen molar-refractivity contribution in [2.45, 2.75) is 52.2 Å². The molecule has 0 aromatic heterocycles. The summed E-state index contributed by atoms with van der Waals surface area (Å²) in [7, 11) is 0. The molecule has 0 bridgehead atoms. The zero-order valence-electron chi connectivity index (χ0n) is 15.5. The van der Waals surface area contributed by atoms with E-state index < -0.39 is 17.1 Å². The molecule has 1 aromatic rings. The summed E-state index contributed by atoms with van der Waals surface area (Å²) in [5, 5.41) is 9.91. The smallest absolute Gasteiger partial charge is 0.349 e. The number of carbonyl (C=O) groups excluding carboxylic acids is 1. The molecule has 0 aliphatic heterocycles. The summed E-state index contributed by atoms with van der Waals surface area (Å²) in [6, 6.07) is 11.6. The molecule has 0 saturated carbocycles. The molecule has 1 rings (SSSR count). The van der Waals surface area contributed by atoms with Crippen molar-refractivity contribution in [2.24, 2.45) is 4.99 Å². The van der Waals surface area contributed by atoms with E-state index in [1.165, 1.54) is 0 Å². The van der Waals surface area contributed by atoms with Gasteiger partial charge in [0, 0.05) is 6.42 Å². The van der Waals surface area contributed by atoms with Crippen LogP contribution >= 0.6 is 23.5 Å². The highest BCUT2D eigenvalue weighted by Crippen LogP contribution is 2.27. The maximum absolute atomic E-state index is 12.9. The van der Waals surface area contributed by atoms with E-state index >= 15 is 0 Å². The summed E-state index contributed by atoms with van der Waals surface area (Å²) in [6.07, 6.45) is 0.192. The topological polar surface area (TPSA) is 62.5 Å². The van der Waals surface area contributed by atoms with Crippen molar-refractivity contribution in [3.63, 3.8) is 0 Å². The fraction of sp³-hybridized carbons (Fsp3) is 0.526. The predicted octanol–water partition coefficient (Wildman–Crippen LogP) is 4.70. The molecule has 1 unspecified atom stereocenters. The van der Waals surface area contributed by atoms with Crippen LogP contribution in [-0.2, 0) is 16.0 Å². The standard InChI is InChI=1S/C19H26N2O2S2/c1-6-24-17(25-7-2)21-19(14-20,16(22)23-18(3,4)5)13-15-11-9-8-10-12-15/h8-12H,6-7,13H2,1-5H3. The number of hydrogen-bond acceptors (Lipinski definition) is 6. The lowest BCUT2D eigenvalue weighted by Crippen LogP contribution is -2.43. The molecule has 25 heavy (non-hydrogen) atoms. The van der Waals surface area contributed by atoms with Gasteiger partial charge in [0.15, 0.2) is 0 Å². The number of hydrogen-bond donors (Lipinski definition) is 0. The molecule has 0 radical (unpaired) electrons. The third-order valence-corrected chi connectivity index (χ3v) is 5.00. The summed E-state index contributed by atoms with van der Waals surface area (Å²) < 4.78 is 6.28. The maximum atomic E-state index is 12.9. The van der Waals surface area contributed by atoms with Crippen LogP contribution < -0.4 is 0 Å². The Morgan fingerprint density at radius 1 is 1.16 bits per heavy atom. The molecule has 1 aromatic carbocycles. The highest BCUT2D eigenvalue weighted by atomic mass is 32.2. The first-order chi connectivity index (χ1) is 11.8. The van der Waals surface area contributed by atoms with Crippen molar-refractivity contribution in [2.75, 3.05) is 11.5 Å². The quantitative estimate of drug-likeness (QED) is 0.408. The average Bonchev–Trinajstić information content (AvgIpc) is 2.54. The summed E-state index contributed by atoms with van der Waals surface area (Å²) >= 11 is 3.09. The van der Waals surface area contributed by atoms with E-state index in [0.29, 0.717) is 0 Å². The van der Waals surface area contributed by atoms with Gasteiger partial charge in [0.05, 0.1) is 0 Å². The molecule has 0 N–H and O–H groups in total. The maximum Gasteiger partial charge on any atom is 0.349 e. The van der Waals surface area contributed by atoms with Crippen LogP contribution in [0.4, 0.5) is 0 Å². The second kappa shape index (κ2) is 9.88. The third-order valence-electron chi connectivity index (χ3n) is 3.04. The van der Waals surface area contributed by atoms with E-state index in [2.05, 4.69) is 11.1 Å². The van der Waals surface area contributed by atoms with Crippen LogP contribution in [0.25, 0.3) is 0 Å². The molecule has 6 heteroatoms. The molecule has 0 fully saturated rings. The summed E-state index contributed by atoms with van der Waals surface area (Å²) in [5.74, 6) is 1.05. The highest BCUT2D eigenvalue weighted by molar-refractivity contribution is 8.38. The van der Waals surface area contributed by atoms with Gasteiger partial charge in [0.1, 0.15) is 16.0 Å². The largest absolute Gasteiger partial charge is 0.457 e. The van der Waals surface area contributed by atoms with Crippen LogP contribution in [0.3, 0.4) is 0 Å². The number of thioether (sulfide) groups is 2. The zero-order chi connectivity index (χ0) is 18.9. The molecule has 0 aliphatic carbocycles. The van der Waals surface area contributed by atoms with Gasteiger partial charge >= 0.3 is 5.97 Å². The summed E-state index contributed by atoms with van der Waals surface area (Å²) in [4.78, 5) is 17.5. The van der Waals surface area contributed by atoms with Gasteiger partial charge in [-0.05, 0) is 37.8 Å². The van der Waals surface area contributed by atoms with Gasteiger partial charge in [-0.15, -0.1) is 23.5 Å². The number of esters is 1. The van der Waals surface area contributed by atoms with Crippen molar-refractivity contribution >= 4 is 33.9 Å². The van der Waals surface area contributed by atoms with E-state index in [1.54, 1.807) is 44.3 Å². The minimum atomic E-state index is -1.58. The molecule has 4 nitrogen and oxygen atoms in total. The molecule has 0 aliphatic rings. The van der Waals surface area contributed by atoms with Crippen LogP contribution in [0.2, 0.25) is 0 Å². The first kappa shape index (κ1) is 21.6. The van der Waals surface area contributed by atoms with E-state index in [-0.39, 0.29) is 6.42 Å². The zero-order valence-corrected chi connectivity index (χ0v) is 17.2. The SMILES string of the molecule is CCSC(=NC(C#N)(Cc1ccccc1)C(=O)OC(C)(C)C)SCC. The van der Waals surface area contributed by atoms with Gasteiger partial charge in [0.2, 0.25) is 5.54 Å². The Hall–Kier alpha value is -1.45. The van der Waals surface area contributed by atoms with Crippen molar-refractivity contribution in [3.8, 4) is 6.07 Å². The van der Waals surface area contributed by atoms with E-state index in [9.17, 15) is 10.1 Å². The minimum absolute atomic E-state index is 0.192. The second-order valence-electron chi connectivity index (χ2n) is 6.38. The Morgan fingerprint density at radius 2 is 1.72 bits per heavy atom. The Balaban J connectivity index is 3.33. The molecular formula is C19H26N2O2S2. The predicted molar refractivity (Wildman–Crippen MR) is 108 cm³/mol. The van der Waals surface area contributed by atoms with Crippen molar-refractivity contribution in [1.82, 2.24) is 0 Å². The van der Waals surface area contributed by atoms with Gasteiger partial charge < -0.3 is 4.74 Å². The Labute approximate surface area is 159 Å². The summed E-state index contributed by atoms with van der Waals surface area (Å²) in [6.45, 7) is 9.43. The number of rotatable bonds is 6. The number of ether oxygens (including phenoxy) is 1. The average molecular weight is 379 g/mol. The fourth-order valence-corrected chi connectivity index (χ4v) is 4.01. The molecule has 1 atom stereocenters. The van der Waals surface area contributed by atoms with E-state index in [1.807, 2.05) is 44.2 Å². The normalized spacial score (nSPS) is 13.4. The third kappa shape index (κ3) is 7.13. The Kier molecular flexibility index (Phi) is 8.54. The monoisotopic (exact) mass is 378 g/mol. The lowest BCUT2D eigenvalue weighted by atomic mass is 9.92. The Bertz CT molecular complexity index is 625. The first-order valence-corrected chi connectivity index (χ1v) is 10.3. The van der Waals surface area contributed by atoms with Gasteiger partial charge in [0.25, 0.3) is 0 Å². The molecule has 136 valence electrons. The van der Waals surface area contributed by atoms with Gasteiger partial charge in [-0.1, -0.05) is 44.2 Å². The number of benzene rings is 1. The number of nitriles is 1. The Morgan fingerprint density at radius 3 is 2.16 bits per heavy atom. The number of nitrogens with zero attached hydrogens (tertiary/aromatic N) is 2. The van der Waals surface area contributed by atoms with Crippen molar-refractivity contribution in [3.05, 3.63) is 35.9 Å². The summed E-state index contributed by atoms with van der Waals surface area (Å²) in [5.41, 5.74) is -1.38. The van der Waals surface area contributed by atoms with Crippen LogP contribution in [0.15, 0.2) is 35.3 Å². The molecule has 0 spiro atoms. The molecule has 0 amide bonds. The highest BCUT2D eigenvalue weighted by Gasteiger charge is 2.43. The lowest BCUT2D eigenvalue weighted by Gasteiger charge is -2.27. The van der Waals surface area contributed by atoms with E-state index in [4.69, 9.17) is 4.74 Å². The van der Waals surface area contributed by atoms with Crippen molar-refractivity contribution < 1.29 is 9.53 Å². The van der Waals surface area contributed by atoms with Gasteiger partial charge in [-0.3, -0.25) is 0 Å². The molecule has 0 saturated heterocycles. The van der Waals surface area contributed by atoms with Crippen molar-refractivity contribution in [1.29, 1.82) is 5.26 Å². The van der Waals surface area contributed by atoms with Crippen LogP contribution in [0.1, 0.15) is 40.2 Å². The van der Waals surface area contributed by atoms with Gasteiger partial charge in [-0.25, -0.2) is 9.79 Å². The first-order valence-electron chi connectivity index (χ1n) is 8.30. The van der Waals surface area contributed by atoms with Crippen LogP contribution in [0.5, 0.6) is 0 Å². The molecular weight excluding hydrogens is 352 g/mol. The van der Waals surface area contributed by atoms with Crippen LogP contribution in [-0.4, -0.2) is 33.0 Å². The number of aliphatic imine (C=N–C) groups is 1. The second-order valence-corrected chi connectivity index (χ2v) is 9.14. The van der Waals surface area contributed by atoms with Gasteiger partial charge in [-0.2, -0.15) is 5.26 Å². The van der Waals surface area contributed by atoms with Crippen LogP contribution in [0, 0.1) is 11.3 Å². The number of carbonyl (C=O) groups is 1. The lowest BCUT2D eigenvalue weighted by molar-refractivity contribution is -0.159. The molecule has 0 heterocycles. The minimum Gasteiger partial charge on any atom is -0.457 e. The fourth-order valence-electron chi connectivity index (χ4n) is 2.03. The van der Waals surface area contributed by atoms with E-state index in [0.717, 1.165) is 21.4 Å².